The van der Waals surface area contributed by atoms with Gasteiger partial charge in [-0.2, -0.15) is 0 Å². The van der Waals surface area contributed by atoms with Crippen LogP contribution in [0.3, 0.4) is 0 Å². The van der Waals surface area contributed by atoms with Gasteiger partial charge < -0.3 is 10.6 Å². The first-order valence-corrected chi connectivity index (χ1v) is 5.90. The van der Waals surface area contributed by atoms with Crippen molar-refractivity contribution in [3.63, 3.8) is 0 Å². The molecule has 1 amide bonds. The van der Waals surface area contributed by atoms with Crippen molar-refractivity contribution in [3.05, 3.63) is 23.9 Å². The van der Waals surface area contributed by atoms with Crippen LogP contribution >= 0.6 is 0 Å². The predicted molar refractivity (Wildman–Crippen MR) is 70.2 cm³/mol. The van der Waals surface area contributed by atoms with Gasteiger partial charge in [-0.25, -0.2) is 4.98 Å². The Kier molecular flexibility index (Phi) is 4.49. The van der Waals surface area contributed by atoms with Gasteiger partial charge in [0.25, 0.3) is 5.91 Å². The highest BCUT2D eigenvalue weighted by Crippen LogP contribution is 2.11. The SMILES string of the molecule is CCNc1ccc(C(=O)NCC(C)(C)C)cn1. The van der Waals surface area contributed by atoms with Crippen LogP contribution in [-0.2, 0) is 0 Å². The quantitative estimate of drug-likeness (QED) is 0.842. The van der Waals surface area contributed by atoms with Crippen molar-refractivity contribution in [1.82, 2.24) is 10.3 Å². The predicted octanol–water partition coefficient (Wildman–Crippen LogP) is 2.29. The van der Waals surface area contributed by atoms with Crippen LogP contribution in [0.4, 0.5) is 5.82 Å². The highest BCUT2D eigenvalue weighted by atomic mass is 16.1. The van der Waals surface area contributed by atoms with Crippen LogP contribution in [0.1, 0.15) is 38.1 Å². The lowest BCUT2D eigenvalue weighted by atomic mass is 9.97. The molecule has 0 aliphatic heterocycles. The standard InChI is InChI=1S/C13H21N3O/c1-5-14-11-7-6-10(8-15-11)12(17)16-9-13(2,3)4/h6-8H,5,9H2,1-4H3,(H,14,15)(H,16,17). The van der Waals surface area contributed by atoms with Crippen LogP contribution < -0.4 is 10.6 Å². The Morgan fingerprint density at radius 2 is 2.06 bits per heavy atom. The molecule has 0 unspecified atom stereocenters. The molecule has 0 fully saturated rings. The Morgan fingerprint density at radius 3 is 2.53 bits per heavy atom. The zero-order valence-electron chi connectivity index (χ0n) is 11.0. The summed E-state index contributed by atoms with van der Waals surface area (Å²) in [6.45, 7) is 9.73. The summed E-state index contributed by atoms with van der Waals surface area (Å²) >= 11 is 0. The van der Waals surface area contributed by atoms with Gasteiger partial charge in [0.1, 0.15) is 5.82 Å². The molecule has 1 heterocycles. The monoisotopic (exact) mass is 235 g/mol. The number of anilines is 1. The molecule has 0 saturated heterocycles. The third-order valence-corrected chi connectivity index (χ3v) is 2.16. The fourth-order valence-electron chi connectivity index (χ4n) is 1.26. The molecule has 2 N–H and O–H groups in total. The van der Waals surface area contributed by atoms with Crippen molar-refractivity contribution in [3.8, 4) is 0 Å². The van der Waals surface area contributed by atoms with Gasteiger partial charge in [-0.05, 0) is 24.5 Å². The Bertz CT molecular complexity index is 365. The number of rotatable bonds is 4. The van der Waals surface area contributed by atoms with E-state index in [0.29, 0.717) is 12.1 Å². The summed E-state index contributed by atoms with van der Waals surface area (Å²) < 4.78 is 0. The van der Waals surface area contributed by atoms with E-state index in [4.69, 9.17) is 0 Å². The fourth-order valence-corrected chi connectivity index (χ4v) is 1.26. The highest BCUT2D eigenvalue weighted by Gasteiger charge is 2.13. The molecule has 94 valence electrons. The molecule has 4 nitrogen and oxygen atoms in total. The maximum atomic E-state index is 11.8. The molecule has 1 rings (SSSR count). The second-order valence-electron chi connectivity index (χ2n) is 5.21. The lowest BCUT2D eigenvalue weighted by Gasteiger charge is -2.18. The summed E-state index contributed by atoms with van der Waals surface area (Å²) in [6, 6.07) is 3.60. The largest absolute Gasteiger partial charge is 0.370 e. The van der Waals surface area contributed by atoms with Crippen LogP contribution in [-0.4, -0.2) is 24.0 Å². The zero-order chi connectivity index (χ0) is 12.9. The van der Waals surface area contributed by atoms with Gasteiger partial charge in [0.05, 0.1) is 5.56 Å². The first-order chi connectivity index (χ1) is 7.92. The maximum Gasteiger partial charge on any atom is 0.252 e. The summed E-state index contributed by atoms with van der Waals surface area (Å²) in [5, 5.41) is 5.98. The van der Waals surface area contributed by atoms with Crippen LogP contribution in [0.2, 0.25) is 0 Å². The van der Waals surface area contributed by atoms with Crippen molar-refractivity contribution < 1.29 is 4.79 Å². The molecule has 0 atom stereocenters. The molecule has 4 heteroatoms. The summed E-state index contributed by atoms with van der Waals surface area (Å²) in [4.78, 5) is 16.0. The number of carbonyl (C=O) groups is 1. The first-order valence-electron chi connectivity index (χ1n) is 5.90. The van der Waals surface area contributed by atoms with Gasteiger partial charge in [-0.1, -0.05) is 20.8 Å². The normalized spacial score (nSPS) is 11.1. The van der Waals surface area contributed by atoms with Gasteiger partial charge in [0.15, 0.2) is 0 Å². The third-order valence-electron chi connectivity index (χ3n) is 2.16. The van der Waals surface area contributed by atoms with Crippen molar-refractivity contribution >= 4 is 11.7 Å². The number of nitrogens with zero attached hydrogens (tertiary/aromatic N) is 1. The molecule has 0 saturated carbocycles. The Balaban J connectivity index is 2.57. The van der Waals surface area contributed by atoms with Crippen molar-refractivity contribution in [2.75, 3.05) is 18.4 Å². The zero-order valence-corrected chi connectivity index (χ0v) is 11.0. The first kappa shape index (κ1) is 13.5. The molecule has 1 aromatic rings. The second kappa shape index (κ2) is 5.66. The van der Waals surface area contributed by atoms with Gasteiger partial charge in [0.2, 0.25) is 0 Å². The summed E-state index contributed by atoms with van der Waals surface area (Å²) in [5.74, 6) is 0.718. The van der Waals surface area contributed by atoms with E-state index in [9.17, 15) is 4.79 Å². The van der Waals surface area contributed by atoms with Crippen molar-refractivity contribution in [2.45, 2.75) is 27.7 Å². The van der Waals surface area contributed by atoms with E-state index >= 15 is 0 Å². The molecule has 0 aromatic carbocycles. The molecule has 0 aliphatic carbocycles. The van der Waals surface area contributed by atoms with Crippen LogP contribution in [0, 0.1) is 5.41 Å². The third kappa shape index (κ3) is 4.85. The van der Waals surface area contributed by atoms with E-state index in [2.05, 4.69) is 36.4 Å². The van der Waals surface area contributed by atoms with E-state index in [1.807, 2.05) is 13.0 Å². The number of nitrogens with one attached hydrogen (secondary N) is 2. The summed E-state index contributed by atoms with van der Waals surface area (Å²) in [6.07, 6.45) is 1.59. The summed E-state index contributed by atoms with van der Waals surface area (Å²) in [7, 11) is 0. The molecule has 17 heavy (non-hydrogen) atoms. The summed E-state index contributed by atoms with van der Waals surface area (Å²) in [5.41, 5.74) is 0.684. The number of pyridine rings is 1. The highest BCUT2D eigenvalue weighted by molar-refractivity contribution is 5.94. The minimum atomic E-state index is -0.0736. The molecule has 0 bridgehead atoms. The maximum absolute atomic E-state index is 11.8. The van der Waals surface area contributed by atoms with E-state index < -0.39 is 0 Å². The molecular formula is C13H21N3O. The number of aromatic nitrogens is 1. The lowest BCUT2D eigenvalue weighted by molar-refractivity contribution is 0.0939. The van der Waals surface area contributed by atoms with Gasteiger partial charge >= 0.3 is 0 Å². The minimum absolute atomic E-state index is 0.0736. The van der Waals surface area contributed by atoms with Crippen LogP contribution in [0.15, 0.2) is 18.3 Å². The topological polar surface area (TPSA) is 54.0 Å². The van der Waals surface area contributed by atoms with E-state index in [0.717, 1.165) is 12.4 Å². The molecule has 0 spiro atoms. The van der Waals surface area contributed by atoms with Gasteiger partial charge in [-0.3, -0.25) is 4.79 Å². The Hall–Kier alpha value is -1.58. The number of amides is 1. The molecule has 0 aliphatic rings. The average molecular weight is 235 g/mol. The molecular weight excluding hydrogens is 214 g/mol. The van der Waals surface area contributed by atoms with Crippen LogP contribution in [0.25, 0.3) is 0 Å². The molecule has 0 radical (unpaired) electrons. The van der Waals surface area contributed by atoms with E-state index in [1.54, 1.807) is 12.3 Å². The van der Waals surface area contributed by atoms with Crippen molar-refractivity contribution in [1.29, 1.82) is 0 Å². The van der Waals surface area contributed by atoms with Gasteiger partial charge in [-0.15, -0.1) is 0 Å². The second-order valence-corrected chi connectivity index (χ2v) is 5.21. The number of hydrogen-bond donors (Lipinski definition) is 2. The minimum Gasteiger partial charge on any atom is -0.370 e. The Morgan fingerprint density at radius 1 is 1.35 bits per heavy atom. The smallest absolute Gasteiger partial charge is 0.252 e. The lowest BCUT2D eigenvalue weighted by Crippen LogP contribution is -2.32. The average Bonchev–Trinajstić information content (AvgIpc) is 2.26. The molecule has 1 aromatic heterocycles. The van der Waals surface area contributed by atoms with E-state index in [-0.39, 0.29) is 11.3 Å². The van der Waals surface area contributed by atoms with Gasteiger partial charge in [0, 0.05) is 19.3 Å². The van der Waals surface area contributed by atoms with Crippen molar-refractivity contribution in [2.24, 2.45) is 5.41 Å². The number of carbonyl (C=O) groups excluding carboxylic acids is 1. The Labute approximate surface area is 103 Å². The van der Waals surface area contributed by atoms with E-state index in [1.165, 1.54) is 0 Å². The fraction of sp³-hybridized carbons (Fsp3) is 0.538. The number of hydrogen-bond acceptors (Lipinski definition) is 3. The van der Waals surface area contributed by atoms with Crippen LogP contribution in [0.5, 0.6) is 0 Å².